The van der Waals surface area contributed by atoms with Gasteiger partial charge in [-0.05, 0) is 25.1 Å². The summed E-state index contributed by atoms with van der Waals surface area (Å²) < 4.78 is 0. The van der Waals surface area contributed by atoms with Crippen LogP contribution in [0.15, 0.2) is 48.8 Å². The molecule has 0 aliphatic carbocycles. The van der Waals surface area contributed by atoms with Crippen molar-refractivity contribution in [1.29, 1.82) is 0 Å². The van der Waals surface area contributed by atoms with Crippen molar-refractivity contribution in [2.75, 3.05) is 5.32 Å². The normalized spacial score (nSPS) is 10.4. The number of nitro benzene ring substituents is 1. The highest BCUT2D eigenvalue weighted by molar-refractivity contribution is 6.29. The van der Waals surface area contributed by atoms with Crippen LogP contribution in [0, 0.1) is 17.0 Å². The second-order valence-corrected chi connectivity index (χ2v) is 5.35. The lowest BCUT2D eigenvalue weighted by Gasteiger charge is -2.10. The summed E-state index contributed by atoms with van der Waals surface area (Å²) in [6, 6.07) is 9.91. The van der Waals surface area contributed by atoms with Crippen LogP contribution in [0.5, 0.6) is 0 Å². The van der Waals surface area contributed by atoms with Gasteiger partial charge in [0.2, 0.25) is 0 Å². The maximum Gasteiger partial charge on any atom is 0.274 e. The SMILES string of the molecule is Cc1c(Nc2cc(Cl)nc(-c3ccncc3)n2)cccc1[N+](=O)[O-]. The maximum atomic E-state index is 11.0. The van der Waals surface area contributed by atoms with Gasteiger partial charge in [-0.15, -0.1) is 0 Å². The van der Waals surface area contributed by atoms with E-state index in [1.807, 2.05) is 0 Å². The average Bonchev–Trinajstić information content (AvgIpc) is 2.57. The van der Waals surface area contributed by atoms with Crippen LogP contribution in [0.3, 0.4) is 0 Å². The van der Waals surface area contributed by atoms with Crippen LogP contribution < -0.4 is 5.32 Å². The fraction of sp³-hybridized carbons (Fsp3) is 0.0625. The molecule has 3 aromatic rings. The van der Waals surface area contributed by atoms with Crippen molar-refractivity contribution >= 4 is 28.8 Å². The molecule has 0 saturated carbocycles. The highest BCUT2D eigenvalue weighted by atomic mass is 35.5. The van der Waals surface area contributed by atoms with Crippen molar-refractivity contribution in [2.24, 2.45) is 0 Å². The second-order valence-electron chi connectivity index (χ2n) is 4.97. The molecule has 7 nitrogen and oxygen atoms in total. The van der Waals surface area contributed by atoms with E-state index < -0.39 is 4.92 Å². The summed E-state index contributed by atoms with van der Waals surface area (Å²) in [7, 11) is 0. The highest BCUT2D eigenvalue weighted by Gasteiger charge is 2.14. The number of rotatable bonds is 4. The Hall–Kier alpha value is -3.06. The molecule has 0 radical (unpaired) electrons. The first kappa shape index (κ1) is 15.8. The number of pyridine rings is 1. The summed E-state index contributed by atoms with van der Waals surface area (Å²) in [6.45, 7) is 1.67. The lowest BCUT2D eigenvalue weighted by molar-refractivity contribution is -0.385. The Bertz CT molecular complexity index is 902. The minimum atomic E-state index is -0.421. The topological polar surface area (TPSA) is 93.8 Å². The van der Waals surface area contributed by atoms with Crippen molar-refractivity contribution in [3.05, 3.63) is 69.6 Å². The molecule has 1 aromatic carbocycles. The number of halogens is 1. The van der Waals surface area contributed by atoms with Gasteiger partial charge < -0.3 is 5.32 Å². The molecule has 0 aliphatic rings. The summed E-state index contributed by atoms with van der Waals surface area (Å²) in [4.78, 5) is 23.2. The number of hydrogen-bond donors (Lipinski definition) is 1. The molecular formula is C16H12ClN5O2. The zero-order valence-corrected chi connectivity index (χ0v) is 13.4. The van der Waals surface area contributed by atoms with Crippen LogP contribution in [0.2, 0.25) is 5.15 Å². The van der Waals surface area contributed by atoms with Crippen LogP contribution in [0.4, 0.5) is 17.2 Å². The van der Waals surface area contributed by atoms with Gasteiger partial charge in [0.1, 0.15) is 11.0 Å². The van der Waals surface area contributed by atoms with Crippen molar-refractivity contribution in [3.63, 3.8) is 0 Å². The predicted molar refractivity (Wildman–Crippen MR) is 91.4 cm³/mol. The van der Waals surface area contributed by atoms with Gasteiger partial charge in [0.25, 0.3) is 5.69 Å². The zero-order valence-electron chi connectivity index (χ0n) is 12.6. The molecule has 0 saturated heterocycles. The standard InChI is InChI=1S/C16H12ClN5O2/c1-10-12(3-2-4-13(10)22(23)24)19-15-9-14(17)20-16(21-15)11-5-7-18-8-6-11/h2-9H,1H3,(H,19,20,21). The monoisotopic (exact) mass is 341 g/mol. The van der Waals surface area contributed by atoms with E-state index in [-0.39, 0.29) is 10.8 Å². The van der Waals surface area contributed by atoms with E-state index in [0.717, 1.165) is 5.56 Å². The van der Waals surface area contributed by atoms with Gasteiger partial charge in [-0.25, -0.2) is 9.97 Å². The van der Waals surface area contributed by atoms with Gasteiger partial charge in [-0.2, -0.15) is 0 Å². The van der Waals surface area contributed by atoms with E-state index in [9.17, 15) is 10.1 Å². The van der Waals surface area contributed by atoms with E-state index in [1.165, 1.54) is 6.07 Å². The van der Waals surface area contributed by atoms with Crippen molar-refractivity contribution in [3.8, 4) is 11.4 Å². The van der Waals surface area contributed by atoms with Crippen molar-refractivity contribution < 1.29 is 4.92 Å². The van der Waals surface area contributed by atoms with Crippen LogP contribution >= 0.6 is 11.6 Å². The Morgan fingerprint density at radius 2 is 1.92 bits per heavy atom. The molecule has 0 bridgehead atoms. The second kappa shape index (κ2) is 6.59. The van der Waals surface area contributed by atoms with Crippen molar-refractivity contribution in [2.45, 2.75) is 6.92 Å². The predicted octanol–water partition coefficient (Wildman–Crippen LogP) is 4.15. The van der Waals surface area contributed by atoms with Gasteiger partial charge >= 0.3 is 0 Å². The van der Waals surface area contributed by atoms with Gasteiger partial charge in [-0.1, -0.05) is 17.7 Å². The largest absolute Gasteiger partial charge is 0.340 e. The third-order valence-electron chi connectivity index (χ3n) is 3.40. The summed E-state index contributed by atoms with van der Waals surface area (Å²) in [5, 5.41) is 14.4. The minimum Gasteiger partial charge on any atom is -0.340 e. The molecule has 0 aliphatic heterocycles. The first-order valence-electron chi connectivity index (χ1n) is 7.00. The number of anilines is 2. The van der Waals surface area contributed by atoms with E-state index in [0.29, 0.717) is 22.9 Å². The number of nitrogens with zero attached hydrogens (tertiary/aromatic N) is 4. The highest BCUT2D eigenvalue weighted by Crippen LogP contribution is 2.28. The van der Waals surface area contributed by atoms with Gasteiger partial charge in [-0.3, -0.25) is 15.1 Å². The van der Waals surface area contributed by atoms with E-state index in [2.05, 4.69) is 20.3 Å². The van der Waals surface area contributed by atoms with Gasteiger partial charge in [0.05, 0.1) is 10.5 Å². The Labute approximate surface area is 142 Å². The number of nitro groups is 1. The molecule has 0 amide bonds. The Morgan fingerprint density at radius 1 is 1.17 bits per heavy atom. The van der Waals surface area contributed by atoms with E-state index >= 15 is 0 Å². The van der Waals surface area contributed by atoms with Gasteiger partial charge in [0.15, 0.2) is 5.82 Å². The zero-order chi connectivity index (χ0) is 17.1. The number of hydrogen-bond acceptors (Lipinski definition) is 6. The molecule has 0 spiro atoms. The molecule has 0 fully saturated rings. The summed E-state index contributed by atoms with van der Waals surface area (Å²) in [6.07, 6.45) is 3.27. The Balaban J connectivity index is 1.98. The van der Waals surface area contributed by atoms with Crippen LogP contribution in [0.1, 0.15) is 5.56 Å². The third-order valence-corrected chi connectivity index (χ3v) is 3.59. The van der Waals surface area contributed by atoms with Gasteiger partial charge in [0, 0.05) is 35.8 Å². The quantitative estimate of drug-likeness (QED) is 0.435. The van der Waals surface area contributed by atoms with Crippen LogP contribution in [-0.4, -0.2) is 19.9 Å². The maximum absolute atomic E-state index is 11.0. The molecule has 0 unspecified atom stereocenters. The minimum absolute atomic E-state index is 0.0366. The molecule has 2 aromatic heterocycles. The third kappa shape index (κ3) is 3.31. The molecule has 8 heteroatoms. The molecule has 2 heterocycles. The number of benzene rings is 1. The number of nitrogens with one attached hydrogen (secondary N) is 1. The average molecular weight is 342 g/mol. The fourth-order valence-electron chi connectivity index (χ4n) is 2.21. The smallest absolute Gasteiger partial charge is 0.274 e. The lowest BCUT2D eigenvalue weighted by Crippen LogP contribution is -2.01. The number of aromatic nitrogens is 3. The molecule has 120 valence electrons. The first-order chi connectivity index (χ1) is 11.5. The molecule has 3 rings (SSSR count). The van der Waals surface area contributed by atoms with Crippen molar-refractivity contribution in [1.82, 2.24) is 15.0 Å². The lowest BCUT2D eigenvalue weighted by atomic mass is 10.1. The first-order valence-corrected chi connectivity index (χ1v) is 7.38. The Kier molecular flexibility index (Phi) is 4.35. The van der Waals surface area contributed by atoms with E-state index in [4.69, 9.17) is 11.6 Å². The summed E-state index contributed by atoms with van der Waals surface area (Å²) >= 11 is 6.07. The molecule has 0 atom stereocenters. The Morgan fingerprint density at radius 3 is 2.62 bits per heavy atom. The van der Waals surface area contributed by atoms with E-state index in [1.54, 1.807) is 49.6 Å². The van der Waals surface area contributed by atoms with Crippen LogP contribution in [-0.2, 0) is 0 Å². The molecule has 1 N–H and O–H groups in total. The van der Waals surface area contributed by atoms with Crippen LogP contribution in [0.25, 0.3) is 11.4 Å². The molecular weight excluding hydrogens is 330 g/mol. The summed E-state index contributed by atoms with van der Waals surface area (Å²) in [5.74, 6) is 0.890. The summed E-state index contributed by atoms with van der Waals surface area (Å²) in [5.41, 5.74) is 1.91. The fourth-order valence-corrected chi connectivity index (χ4v) is 2.39. The molecule has 24 heavy (non-hydrogen) atoms.